The van der Waals surface area contributed by atoms with Crippen LogP contribution < -0.4 is 0 Å². The summed E-state index contributed by atoms with van der Waals surface area (Å²) in [7, 11) is 0. The molecule has 0 aromatic heterocycles. The molecule has 3 rings (SSSR count). The molecule has 0 bridgehead atoms. The number of aryl methyl sites for hydroxylation is 1. The van der Waals surface area contributed by atoms with E-state index in [0.29, 0.717) is 0 Å². The monoisotopic (exact) mass is 274 g/mol. The minimum absolute atomic E-state index is 1.13. The molecule has 0 spiro atoms. The Hall–Kier alpha value is -2.08. The lowest BCUT2D eigenvalue weighted by atomic mass is 9.99. The highest BCUT2D eigenvalue weighted by molar-refractivity contribution is 5.72. The molecule has 0 fully saturated rings. The van der Waals surface area contributed by atoms with Gasteiger partial charge in [0.25, 0.3) is 0 Å². The van der Waals surface area contributed by atoms with Gasteiger partial charge in [-0.15, -0.1) is 0 Å². The van der Waals surface area contributed by atoms with E-state index in [1.807, 2.05) is 0 Å². The van der Waals surface area contributed by atoms with Gasteiger partial charge in [0.15, 0.2) is 0 Å². The second-order valence-electron chi connectivity index (χ2n) is 5.75. The Balaban J connectivity index is 1.40. The normalized spacial score (nSPS) is 13.9. The molecule has 2 aromatic rings. The van der Waals surface area contributed by atoms with Crippen molar-refractivity contribution in [1.29, 1.82) is 0 Å². The molecular formula is C21H22. The maximum atomic E-state index is 2.32. The van der Waals surface area contributed by atoms with Gasteiger partial charge in [0.2, 0.25) is 0 Å². The molecule has 0 atom stereocenters. The molecule has 0 aliphatic heterocycles. The van der Waals surface area contributed by atoms with Gasteiger partial charge in [-0.2, -0.15) is 0 Å². The lowest BCUT2D eigenvalue weighted by Gasteiger charge is -2.06. The van der Waals surface area contributed by atoms with Gasteiger partial charge in [0, 0.05) is 0 Å². The van der Waals surface area contributed by atoms with E-state index in [1.54, 1.807) is 5.57 Å². The van der Waals surface area contributed by atoms with Crippen molar-refractivity contribution in [2.45, 2.75) is 32.1 Å². The molecule has 0 saturated carbocycles. The average molecular weight is 274 g/mol. The van der Waals surface area contributed by atoms with Gasteiger partial charge in [0.05, 0.1) is 0 Å². The summed E-state index contributed by atoms with van der Waals surface area (Å²) in [5, 5.41) is 0. The summed E-state index contributed by atoms with van der Waals surface area (Å²) < 4.78 is 0. The lowest BCUT2D eigenvalue weighted by Crippen LogP contribution is -1.88. The quantitative estimate of drug-likeness (QED) is 0.583. The second-order valence-corrected chi connectivity index (χ2v) is 5.75. The molecule has 0 nitrogen and oxygen atoms in total. The van der Waals surface area contributed by atoms with E-state index in [2.05, 4.69) is 72.8 Å². The van der Waals surface area contributed by atoms with E-state index < -0.39 is 0 Å². The summed E-state index contributed by atoms with van der Waals surface area (Å²) >= 11 is 0. The van der Waals surface area contributed by atoms with Crippen LogP contribution in [0.4, 0.5) is 0 Å². The Labute approximate surface area is 127 Å². The largest absolute Gasteiger partial charge is 0.0658 e. The lowest BCUT2D eigenvalue weighted by molar-refractivity contribution is 0.725. The van der Waals surface area contributed by atoms with Crippen LogP contribution in [0.5, 0.6) is 0 Å². The van der Waals surface area contributed by atoms with Gasteiger partial charge in [-0.25, -0.2) is 0 Å². The van der Waals surface area contributed by atoms with Crippen LogP contribution in [0.25, 0.3) is 5.57 Å². The van der Waals surface area contributed by atoms with E-state index in [-0.39, 0.29) is 0 Å². The molecule has 0 unspecified atom stereocenters. The van der Waals surface area contributed by atoms with Crippen LogP contribution in [0.2, 0.25) is 0 Å². The Morgan fingerprint density at radius 1 is 0.667 bits per heavy atom. The van der Waals surface area contributed by atoms with E-state index in [4.69, 9.17) is 0 Å². The second kappa shape index (κ2) is 7.08. The predicted molar refractivity (Wildman–Crippen MR) is 91.1 cm³/mol. The van der Waals surface area contributed by atoms with Crippen LogP contribution in [0.1, 0.15) is 36.8 Å². The molecule has 0 radical (unpaired) electrons. The summed E-state index contributed by atoms with van der Waals surface area (Å²) in [6, 6.07) is 21.5. The van der Waals surface area contributed by atoms with Crippen molar-refractivity contribution in [3.8, 4) is 0 Å². The first-order chi connectivity index (χ1) is 10.4. The summed E-state index contributed by atoms with van der Waals surface area (Å²) in [6.45, 7) is 0. The molecule has 0 N–H and O–H groups in total. The molecule has 21 heavy (non-hydrogen) atoms. The summed E-state index contributed by atoms with van der Waals surface area (Å²) in [6.07, 6.45) is 10.8. The Kier molecular flexibility index (Phi) is 4.68. The number of unbranched alkanes of at least 4 members (excludes halogenated alkanes) is 1. The number of allylic oxidation sites excluding steroid dienone is 4. The minimum atomic E-state index is 1.13. The fraction of sp³-hybridized carbons (Fsp3) is 0.238. The zero-order valence-electron chi connectivity index (χ0n) is 12.5. The number of hydrogen-bond acceptors (Lipinski definition) is 0. The van der Waals surface area contributed by atoms with E-state index >= 15 is 0 Å². The fourth-order valence-electron chi connectivity index (χ4n) is 2.93. The van der Waals surface area contributed by atoms with Crippen molar-refractivity contribution in [3.05, 3.63) is 89.5 Å². The molecule has 0 saturated heterocycles. The third-order valence-electron chi connectivity index (χ3n) is 4.14. The summed E-state index contributed by atoms with van der Waals surface area (Å²) in [5.74, 6) is 0. The predicted octanol–water partition coefficient (Wildman–Crippen LogP) is 5.81. The van der Waals surface area contributed by atoms with Crippen LogP contribution in [0.3, 0.4) is 0 Å². The van der Waals surface area contributed by atoms with Crippen LogP contribution in [-0.2, 0) is 6.42 Å². The van der Waals surface area contributed by atoms with E-state index in [1.165, 1.54) is 42.4 Å². The van der Waals surface area contributed by atoms with Crippen molar-refractivity contribution >= 4 is 5.57 Å². The maximum absolute atomic E-state index is 2.32. The Bertz CT molecular complexity index is 618. The number of hydrogen-bond donors (Lipinski definition) is 0. The van der Waals surface area contributed by atoms with Crippen LogP contribution >= 0.6 is 0 Å². The van der Waals surface area contributed by atoms with Gasteiger partial charge < -0.3 is 0 Å². The van der Waals surface area contributed by atoms with Crippen molar-refractivity contribution in [2.24, 2.45) is 0 Å². The first-order valence-electron chi connectivity index (χ1n) is 7.90. The zero-order chi connectivity index (χ0) is 14.3. The van der Waals surface area contributed by atoms with Gasteiger partial charge in [-0.3, -0.25) is 0 Å². The zero-order valence-corrected chi connectivity index (χ0v) is 12.5. The average Bonchev–Trinajstić information content (AvgIpc) is 3.02. The van der Waals surface area contributed by atoms with Crippen molar-refractivity contribution in [2.75, 3.05) is 0 Å². The summed E-state index contributed by atoms with van der Waals surface area (Å²) in [5.41, 5.74) is 5.88. The van der Waals surface area contributed by atoms with Gasteiger partial charge in [-0.1, -0.05) is 78.4 Å². The van der Waals surface area contributed by atoms with Crippen molar-refractivity contribution in [3.63, 3.8) is 0 Å². The maximum Gasteiger partial charge on any atom is -0.00580 e. The molecule has 2 aromatic carbocycles. The van der Waals surface area contributed by atoms with Crippen molar-refractivity contribution < 1.29 is 0 Å². The fourth-order valence-corrected chi connectivity index (χ4v) is 2.93. The highest BCUT2D eigenvalue weighted by Crippen LogP contribution is 2.30. The Morgan fingerprint density at radius 3 is 2.10 bits per heavy atom. The highest BCUT2D eigenvalue weighted by atomic mass is 14.1. The molecule has 106 valence electrons. The third-order valence-corrected chi connectivity index (χ3v) is 4.14. The number of benzene rings is 2. The number of rotatable bonds is 6. The van der Waals surface area contributed by atoms with E-state index in [9.17, 15) is 0 Å². The Morgan fingerprint density at radius 2 is 1.33 bits per heavy atom. The minimum Gasteiger partial charge on any atom is -0.0658 e. The molecular weight excluding hydrogens is 252 g/mol. The van der Waals surface area contributed by atoms with Crippen LogP contribution in [0, 0.1) is 0 Å². The van der Waals surface area contributed by atoms with Gasteiger partial charge in [-0.05, 0) is 48.8 Å². The first kappa shape index (κ1) is 13.9. The van der Waals surface area contributed by atoms with Gasteiger partial charge in [0.1, 0.15) is 0 Å². The third kappa shape index (κ3) is 3.95. The van der Waals surface area contributed by atoms with Crippen molar-refractivity contribution in [1.82, 2.24) is 0 Å². The molecule has 0 amide bonds. The summed E-state index contributed by atoms with van der Waals surface area (Å²) in [4.78, 5) is 0. The highest BCUT2D eigenvalue weighted by Gasteiger charge is 2.09. The smallest absolute Gasteiger partial charge is 0.00580 e. The molecule has 1 aliphatic rings. The van der Waals surface area contributed by atoms with E-state index in [0.717, 1.165) is 6.42 Å². The molecule has 1 aliphatic carbocycles. The first-order valence-corrected chi connectivity index (χ1v) is 7.90. The topological polar surface area (TPSA) is 0 Å². The molecule has 0 heteroatoms. The SMILES string of the molecule is C1=C(CCCCc2ccccc2)CC(c2ccccc2)=C1. The molecule has 0 heterocycles. The standard InChI is InChI=1S/C21H22/c1-3-9-18(10-4-1)11-7-8-12-19-15-16-21(17-19)20-13-5-2-6-14-20/h1-6,9-10,13-16H,7-8,11-12,17H2. The van der Waals surface area contributed by atoms with Gasteiger partial charge >= 0.3 is 0 Å². The van der Waals surface area contributed by atoms with Crippen LogP contribution in [-0.4, -0.2) is 0 Å². The van der Waals surface area contributed by atoms with Crippen LogP contribution in [0.15, 0.2) is 78.4 Å².